The number of anilines is 1. The van der Waals surface area contributed by atoms with Gasteiger partial charge in [-0.15, -0.1) is 0 Å². The van der Waals surface area contributed by atoms with E-state index in [1.165, 1.54) is 37.4 Å². The minimum atomic E-state index is -3.93. The van der Waals surface area contributed by atoms with Gasteiger partial charge in [-0.3, -0.25) is 14.8 Å². The molecule has 10 heteroatoms. The largest absolute Gasteiger partial charge is 0.495 e. The zero-order valence-corrected chi connectivity index (χ0v) is 18.4. The highest BCUT2D eigenvalue weighted by atomic mass is 32.2. The first-order valence-corrected chi connectivity index (χ1v) is 11.0. The highest BCUT2D eigenvalue weighted by Crippen LogP contribution is 2.30. The van der Waals surface area contributed by atoms with E-state index in [9.17, 15) is 13.2 Å². The first-order valence-electron chi connectivity index (χ1n) is 9.54. The van der Waals surface area contributed by atoms with E-state index < -0.39 is 15.7 Å². The maximum Gasteiger partial charge on any atom is 0.248 e. The fourth-order valence-corrected chi connectivity index (χ4v) is 4.34. The lowest BCUT2D eigenvalue weighted by molar-refractivity contribution is 0.1000. The molecule has 0 saturated heterocycles. The first kappa shape index (κ1) is 22.8. The highest BCUT2D eigenvalue weighted by molar-refractivity contribution is 7.91. The Balaban J connectivity index is 1.76. The molecule has 0 aliphatic heterocycles. The second-order valence-electron chi connectivity index (χ2n) is 6.66. The number of carbonyl (C=O) groups is 1. The summed E-state index contributed by atoms with van der Waals surface area (Å²) in [6.07, 6.45) is 3.34. The van der Waals surface area contributed by atoms with E-state index in [4.69, 9.17) is 10.5 Å². The molecule has 0 saturated carbocycles. The van der Waals surface area contributed by atoms with Crippen molar-refractivity contribution in [3.63, 3.8) is 0 Å². The lowest BCUT2D eigenvalue weighted by Crippen LogP contribution is -2.30. The van der Waals surface area contributed by atoms with Crippen molar-refractivity contribution in [2.45, 2.75) is 16.3 Å². The van der Waals surface area contributed by atoms with Gasteiger partial charge >= 0.3 is 0 Å². The Kier molecular flexibility index (Phi) is 7.06. The normalized spacial score (nSPS) is 11.6. The van der Waals surface area contributed by atoms with Crippen LogP contribution in [0.2, 0.25) is 0 Å². The quantitative estimate of drug-likeness (QED) is 0.369. The summed E-state index contributed by atoms with van der Waals surface area (Å²) in [5.74, 6) is -0.0353. The minimum absolute atomic E-state index is 0.0699. The third-order valence-electron chi connectivity index (χ3n) is 4.60. The number of aliphatic imine (C=N–C) groups is 1. The van der Waals surface area contributed by atoms with E-state index in [2.05, 4.69) is 20.6 Å². The monoisotopic (exact) mass is 453 g/mol. The van der Waals surface area contributed by atoms with Crippen LogP contribution in [0.4, 0.5) is 5.69 Å². The van der Waals surface area contributed by atoms with Gasteiger partial charge in [0.05, 0.1) is 12.0 Å². The smallest absolute Gasteiger partial charge is 0.248 e. The molecule has 2 aromatic carbocycles. The predicted molar refractivity (Wildman–Crippen MR) is 121 cm³/mol. The zero-order valence-electron chi connectivity index (χ0n) is 17.6. The summed E-state index contributed by atoms with van der Waals surface area (Å²) in [7, 11) is -0.913. The fourth-order valence-electron chi connectivity index (χ4n) is 2.89. The molecule has 166 valence electrons. The summed E-state index contributed by atoms with van der Waals surface area (Å²) in [5.41, 5.74) is 7.06. The molecule has 3 rings (SSSR count). The van der Waals surface area contributed by atoms with Crippen molar-refractivity contribution in [3.05, 3.63) is 78.1 Å². The van der Waals surface area contributed by atoms with Gasteiger partial charge in [-0.25, -0.2) is 8.42 Å². The summed E-state index contributed by atoms with van der Waals surface area (Å²) in [6.45, 7) is 0.422. The van der Waals surface area contributed by atoms with Gasteiger partial charge in [0.2, 0.25) is 15.7 Å². The number of nitrogens with one attached hydrogen (secondary N) is 2. The third kappa shape index (κ3) is 5.22. The van der Waals surface area contributed by atoms with Gasteiger partial charge < -0.3 is 21.1 Å². The molecule has 1 heterocycles. The van der Waals surface area contributed by atoms with Gasteiger partial charge in [0.1, 0.15) is 10.6 Å². The van der Waals surface area contributed by atoms with Gasteiger partial charge in [-0.05, 0) is 48.0 Å². The summed E-state index contributed by atoms with van der Waals surface area (Å²) in [5, 5.41) is 6.29. The van der Waals surface area contributed by atoms with E-state index in [1.54, 1.807) is 31.6 Å². The standard InChI is InChI=1S/C22H23N5O4S/c1-24-22(27-17-9-11-25-12-10-17)26-14-15-3-6-18(7-4-15)32(29,30)20-13-16(21(23)28)5-8-19(20)31-2/h3-13H,14H2,1-2H3,(H2,23,28)(H2,24,25,26,27). The molecule has 1 amide bonds. The number of pyridine rings is 1. The summed E-state index contributed by atoms with van der Waals surface area (Å²) < 4.78 is 31.4. The Morgan fingerprint density at radius 1 is 1.09 bits per heavy atom. The molecule has 0 bridgehead atoms. The Morgan fingerprint density at radius 3 is 2.38 bits per heavy atom. The van der Waals surface area contributed by atoms with Crippen molar-refractivity contribution in [1.29, 1.82) is 0 Å². The van der Waals surface area contributed by atoms with Gasteiger partial charge in [0.15, 0.2) is 5.96 Å². The summed E-state index contributed by atoms with van der Waals surface area (Å²) in [6, 6.07) is 14.1. The third-order valence-corrected chi connectivity index (χ3v) is 6.39. The van der Waals surface area contributed by atoms with Crippen LogP contribution in [0.1, 0.15) is 15.9 Å². The van der Waals surface area contributed by atoms with Crippen molar-refractivity contribution >= 4 is 27.4 Å². The topological polar surface area (TPSA) is 136 Å². The molecule has 0 unspecified atom stereocenters. The number of rotatable bonds is 7. The number of nitrogens with two attached hydrogens (primary N) is 1. The molecule has 0 aliphatic carbocycles. The Hall–Kier alpha value is -3.92. The van der Waals surface area contributed by atoms with Crippen molar-refractivity contribution < 1.29 is 17.9 Å². The van der Waals surface area contributed by atoms with E-state index in [0.717, 1.165) is 11.3 Å². The lowest BCUT2D eigenvalue weighted by Gasteiger charge is -2.13. The Labute approximate surface area is 186 Å². The summed E-state index contributed by atoms with van der Waals surface area (Å²) in [4.78, 5) is 19.6. The predicted octanol–water partition coefficient (Wildman–Crippen LogP) is 2.21. The molecule has 1 aromatic heterocycles. The van der Waals surface area contributed by atoms with E-state index >= 15 is 0 Å². The van der Waals surface area contributed by atoms with Crippen LogP contribution in [0.5, 0.6) is 5.75 Å². The van der Waals surface area contributed by atoms with Crippen LogP contribution >= 0.6 is 0 Å². The number of nitrogens with zero attached hydrogens (tertiary/aromatic N) is 2. The van der Waals surface area contributed by atoms with Crippen LogP contribution in [0.15, 0.2) is 81.8 Å². The second kappa shape index (κ2) is 9.92. The Bertz CT molecular complexity index is 1230. The molecule has 3 aromatic rings. The zero-order chi connectivity index (χ0) is 23.1. The van der Waals surface area contributed by atoms with Crippen molar-refractivity contribution in [1.82, 2.24) is 10.3 Å². The number of ether oxygens (including phenoxy) is 1. The minimum Gasteiger partial charge on any atom is -0.495 e. The maximum absolute atomic E-state index is 13.1. The molecule has 0 radical (unpaired) electrons. The van der Waals surface area contributed by atoms with Crippen LogP contribution in [-0.2, 0) is 16.4 Å². The van der Waals surface area contributed by atoms with Gasteiger partial charge in [0, 0.05) is 37.2 Å². The molecule has 0 aliphatic rings. The number of primary amides is 1. The average molecular weight is 454 g/mol. The van der Waals surface area contributed by atoms with Gasteiger partial charge in [-0.2, -0.15) is 0 Å². The van der Waals surface area contributed by atoms with Crippen molar-refractivity contribution in [2.24, 2.45) is 10.7 Å². The number of hydrogen-bond acceptors (Lipinski definition) is 6. The lowest BCUT2D eigenvalue weighted by atomic mass is 10.2. The fraction of sp³-hybridized carbons (Fsp3) is 0.136. The van der Waals surface area contributed by atoms with Crippen LogP contribution < -0.4 is 21.1 Å². The Morgan fingerprint density at radius 2 is 1.78 bits per heavy atom. The van der Waals surface area contributed by atoms with Crippen LogP contribution in [0, 0.1) is 0 Å². The van der Waals surface area contributed by atoms with Crippen LogP contribution in [0.25, 0.3) is 0 Å². The maximum atomic E-state index is 13.1. The molecule has 4 N–H and O–H groups in total. The number of carbonyl (C=O) groups excluding carboxylic acids is 1. The molecule has 0 fully saturated rings. The number of guanidine groups is 1. The first-order chi connectivity index (χ1) is 15.3. The highest BCUT2D eigenvalue weighted by Gasteiger charge is 2.23. The number of benzene rings is 2. The molecule has 0 spiro atoms. The number of methoxy groups -OCH3 is 1. The number of aromatic nitrogens is 1. The van der Waals surface area contributed by atoms with Crippen molar-refractivity contribution in [2.75, 3.05) is 19.5 Å². The van der Waals surface area contributed by atoms with Crippen LogP contribution in [0.3, 0.4) is 0 Å². The average Bonchev–Trinajstić information content (AvgIpc) is 2.82. The number of sulfone groups is 1. The van der Waals surface area contributed by atoms with Crippen LogP contribution in [-0.4, -0.2) is 39.4 Å². The van der Waals surface area contributed by atoms with Gasteiger partial charge in [0.25, 0.3) is 0 Å². The summed E-state index contributed by atoms with van der Waals surface area (Å²) >= 11 is 0. The molecular weight excluding hydrogens is 430 g/mol. The molecule has 0 atom stereocenters. The molecule has 9 nitrogen and oxygen atoms in total. The van der Waals surface area contributed by atoms with E-state index in [-0.39, 0.29) is 21.1 Å². The number of hydrogen-bond donors (Lipinski definition) is 3. The molecule has 32 heavy (non-hydrogen) atoms. The van der Waals surface area contributed by atoms with Gasteiger partial charge in [-0.1, -0.05) is 12.1 Å². The number of amides is 1. The van der Waals surface area contributed by atoms with E-state index in [1.807, 2.05) is 12.1 Å². The molecular formula is C22H23N5O4S. The van der Waals surface area contributed by atoms with E-state index in [0.29, 0.717) is 12.5 Å². The second-order valence-corrected chi connectivity index (χ2v) is 8.58. The SMILES string of the molecule is CN=C(NCc1ccc(S(=O)(=O)c2cc(C(N)=O)ccc2OC)cc1)Nc1ccncc1. The van der Waals surface area contributed by atoms with Crippen molar-refractivity contribution in [3.8, 4) is 5.75 Å².